The number of benzene rings is 2. The van der Waals surface area contributed by atoms with Crippen LogP contribution in [0, 0.1) is 0 Å². The van der Waals surface area contributed by atoms with Crippen molar-refractivity contribution in [1.29, 1.82) is 0 Å². The number of hydrogen-bond donors (Lipinski definition) is 1. The van der Waals surface area contributed by atoms with Gasteiger partial charge in [-0.25, -0.2) is 4.79 Å². The average Bonchev–Trinajstić information content (AvgIpc) is 2.69. The molecule has 0 aliphatic carbocycles. The Morgan fingerprint density at radius 3 is 2.62 bits per heavy atom. The Hall–Kier alpha value is -2.53. The lowest BCUT2D eigenvalue weighted by molar-refractivity contribution is 0.150. The quantitative estimate of drug-likeness (QED) is 0.890. The number of ether oxygens (including phenoxy) is 2. The first-order chi connectivity index (χ1) is 12.7. The zero-order valence-corrected chi connectivity index (χ0v) is 15.4. The van der Waals surface area contributed by atoms with Gasteiger partial charge < -0.3 is 14.8 Å². The summed E-state index contributed by atoms with van der Waals surface area (Å²) in [7, 11) is 3.11. The van der Waals surface area contributed by atoms with Crippen LogP contribution in [-0.2, 0) is 11.3 Å². The van der Waals surface area contributed by atoms with E-state index >= 15 is 0 Å². The minimum Gasteiger partial charge on any atom is -0.496 e. The van der Waals surface area contributed by atoms with Gasteiger partial charge in [-0.15, -0.1) is 0 Å². The van der Waals surface area contributed by atoms with E-state index in [0.717, 1.165) is 43.8 Å². The molecule has 1 N–H and O–H groups in total. The largest absolute Gasteiger partial charge is 0.496 e. The number of amides is 1. The molecule has 5 nitrogen and oxygen atoms in total. The molecule has 2 aromatic rings. The molecule has 1 aliphatic heterocycles. The fourth-order valence-corrected chi connectivity index (χ4v) is 3.44. The molecule has 1 aliphatic rings. The van der Waals surface area contributed by atoms with E-state index in [4.69, 9.17) is 4.74 Å². The molecule has 3 rings (SSSR count). The van der Waals surface area contributed by atoms with Crippen LogP contribution < -0.4 is 10.1 Å². The molecular weight excluding hydrogens is 328 g/mol. The summed E-state index contributed by atoms with van der Waals surface area (Å²) in [5.41, 5.74) is 3.56. The van der Waals surface area contributed by atoms with Gasteiger partial charge in [0, 0.05) is 31.2 Å². The van der Waals surface area contributed by atoms with E-state index in [9.17, 15) is 4.79 Å². The van der Waals surface area contributed by atoms with Gasteiger partial charge in [0.05, 0.1) is 14.2 Å². The molecule has 0 spiro atoms. The van der Waals surface area contributed by atoms with E-state index in [1.165, 1.54) is 18.2 Å². The molecule has 0 aromatic heterocycles. The Morgan fingerprint density at radius 1 is 1.12 bits per heavy atom. The van der Waals surface area contributed by atoms with Gasteiger partial charge >= 0.3 is 6.09 Å². The van der Waals surface area contributed by atoms with Crippen molar-refractivity contribution in [2.24, 2.45) is 0 Å². The number of carbonyl (C=O) groups excluding carboxylic acids is 1. The minimum absolute atomic E-state index is 0.207. The van der Waals surface area contributed by atoms with Crippen LogP contribution in [0.4, 0.5) is 4.79 Å². The lowest BCUT2D eigenvalue weighted by Gasteiger charge is -2.32. The summed E-state index contributed by atoms with van der Waals surface area (Å²) >= 11 is 0. The molecule has 1 amide bonds. The SMILES string of the molecule is COC(=O)NC1CCN(Cc2cccc(-c3ccccc3OC)c2)CC1. The first-order valence-electron chi connectivity index (χ1n) is 8.98. The highest BCUT2D eigenvalue weighted by atomic mass is 16.5. The number of rotatable bonds is 5. The summed E-state index contributed by atoms with van der Waals surface area (Å²) < 4.78 is 10.2. The second-order valence-electron chi connectivity index (χ2n) is 6.59. The van der Waals surface area contributed by atoms with Crippen LogP contribution in [0.1, 0.15) is 18.4 Å². The van der Waals surface area contributed by atoms with Crippen LogP contribution in [0.25, 0.3) is 11.1 Å². The van der Waals surface area contributed by atoms with Crippen molar-refractivity contribution in [3.8, 4) is 16.9 Å². The van der Waals surface area contributed by atoms with Crippen molar-refractivity contribution in [1.82, 2.24) is 10.2 Å². The number of nitrogens with one attached hydrogen (secondary N) is 1. The third-order valence-electron chi connectivity index (χ3n) is 4.85. The van der Waals surface area contributed by atoms with Gasteiger partial charge in [-0.2, -0.15) is 0 Å². The molecule has 138 valence electrons. The van der Waals surface area contributed by atoms with Crippen LogP contribution in [0.3, 0.4) is 0 Å². The summed E-state index contributed by atoms with van der Waals surface area (Å²) in [4.78, 5) is 13.7. The summed E-state index contributed by atoms with van der Waals surface area (Å²) in [6.07, 6.45) is 1.55. The van der Waals surface area contributed by atoms with Crippen molar-refractivity contribution in [2.75, 3.05) is 27.3 Å². The van der Waals surface area contributed by atoms with Gasteiger partial charge in [0.2, 0.25) is 0 Å². The van der Waals surface area contributed by atoms with Gasteiger partial charge in [0.15, 0.2) is 0 Å². The predicted molar refractivity (Wildman–Crippen MR) is 102 cm³/mol. The highest BCUT2D eigenvalue weighted by Gasteiger charge is 2.21. The van der Waals surface area contributed by atoms with Crippen LogP contribution in [0.15, 0.2) is 48.5 Å². The number of carbonyl (C=O) groups is 1. The second-order valence-corrected chi connectivity index (χ2v) is 6.59. The van der Waals surface area contributed by atoms with Gasteiger partial charge in [-0.1, -0.05) is 36.4 Å². The minimum atomic E-state index is -0.340. The van der Waals surface area contributed by atoms with Gasteiger partial charge in [0.1, 0.15) is 5.75 Å². The van der Waals surface area contributed by atoms with E-state index < -0.39 is 0 Å². The number of piperidine rings is 1. The van der Waals surface area contributed by atoms with Crippen molar-refractivity contribution in [2.45, 2.75) is 25.4 Å². The normalized spacial score (nSPS) is 15.5. The zero-order chi connectivity index (χ0) is 18.4. The topological polar surface area (TPSA) is 50.8 Å². The standard InChI is InChI=1S/C21H26N2O3/c1-25-20-9-4-3-8-19(20)17-7-5-6-16(14-17)15-23-12-10-18(11-13-23)22-21(24)26-2/h3-9,14,18H,10-13,15H2,1-2H3,(H,22,24). The van der Waals surface area contributed by atoms with Gasteiger partial charge in [-0.05, 0) is 36.1 Å². The van der Waals surface area contributed by atoms with E-state index in [0.29, 0.717) is 0 Å². The Kier molecular flexibility index (Phi) is 6.12. The Labute approximate surface area is 154 Å². The Bertz CT molecular complexity index is 740. The van der Waals surface area contributed by atoms with E-state index in [2.05, 4.69) is 45.3 Å². The average molecular weight is 354 g/mol. The molecule has 1 heterocycles. The second kappa shape index (κ2) is 8.72. The maximum absolute atomic E-state index is 11.3. The van der Waals surface area contributed by atoms with E-state index in [1.54, 1.807) is 7.11 Å². The number of methoxy groups -OCH3 is 2. The summed E-state index contributed by atoms with van der Waals surface area (Å²) in [5, 5.41) is 2.89. The maximum atomic E-state index is 11.3. The number of hydrogen-bond acceptors (Lipinski definition) is 4. The van der Waals surface area contributed by atoms with Crippen molar-refractivity contribution in [3.05, 3.63) is 54.1 Å². The highest BCUT2D eigenvalue weighted by Crippen LogP contribution is 2.30. The van der Waals surface area contributed by atoms with Gasteiger partial charge in [-0.3, -0.25) is 4.90 Å². The predicted octanol–water partition coefficient (Wildman–Crippen LogP) is 3.68. The first-order valence-corrected chi connectivity index (χ1v) is 8.98. The Morgan fingerprint density at radius 2 is 1.88 bits per heavy atom. The molecule has 1 saturated heterocycles. The van der Waals surface area contributed by atoms with Crippen molar-refractivity contribution >= 4 is 6.09 Å². The maximum Gasteiger partial charge on any atom is 0.407 e. The fourth-order valence-electron chi connectivity index (χ4n) is 3.44. The first kappa shape index (κ1) is 18.3. The zero-order valence-electron chi connectivity index (χ0n) is 15.4. The number of para-hydroxylation sites is 1. The Balaban J connectivity index is 1.62. The lowest BCUT2D eigenvalue weighted by atomic mass is 10.0. The number of alkyl carbamates (subject to hydrolysis) is 1. The lowest BCUT2D eigenvalue weighted by Crippen LogP contribution is -2.44. The number of likely N-dealkylation sites (tertiary alicyclic amines) is 1. The number of nitrogens with zero attached hydrogens (tertiary/aromatic N) is 1. The summed E-state index contributed by atoms with van der Waals surface area (Å²) in [6, 6.07) is 16.9. The van der Waals surface area contributed by atoms with Crippen molar-refractivity contribution < 1.29 is 14.3 Å². The van der Waals surface area contributed by atoms with Crippen LogP contribution in [-0.4, -0.2) is 44.3 Å². The molecule has 2 aromatic carbocycles. The molecule has 5 heteroatoms. The fraction of sp³-hybridized carbons (Fsp3) is 0.381. The van der Waals surface area contributed by atoms with Crippen molar-refractivity contribution in [3.63, 3.8) is 0 Å². The molecule has 0 unspecified atom stereocenters. The van der Waals surface area contributed by atoms with Crippen LogP contribution in [0.5, 0.6) is 5.75 Å². The van der Waals surface area contributed by atoms with E-state index in [-0.39, 0.29) is 12.1 Å². The van der Waals surface area contributed by atoms with Gasteiger partial charge in [0.25, 0.3) is 0 Å². The summed E-state index contributed by atoms with van der Waals surface area (Å²) in [6.45, 7) is 2.84. The molecule has 1 fully saturated rings. The van der Waals surface area contributed by atoms with Crippen LogP contribution >= 0.6 is 0 Å². The van der Waals surface area contributed by atoms with Crippen LogP contribution in [0.2, 0.25) is 0 Å². The highest BCUT2D eigenvalue weighted by molar-refractivity contribution is 5.70. The molecule has 26 heavy (non-hydrogen) atoms. The molecule has 0 radical (unpaired) electrons. The third kappa shape index (κ3) is 4.55. The monoisotopic (exact) mass is 354 g/mol. The smallest absolute Gasteiger partial charge is 0.407 e. The molecule has 0 saturated carbocycles. The third-order valence-corrected chi connectivity index (χ3v) is 4.85. The summed E-state index contributed by atoms with van der Waals surface area (Å²) in [5.74, 6) is 0.888. The molecule has 0 bridgehead atoms. The molecular formula is C21H26N2O3. The van der Waals surface area contributed by atoms with E-state index in [1.807, 2.05) is 18.2 Å². The molecule has 0 atom stereocenters.